The molecule has 0 aromatic carbocycles. The number of hydrogen-bond donors (Lipinski definition) is 3. The standard InChI is InChI=1S/C12H22N2O3/c1-8(5-11(15)16)7-13-12(17)14-9(2)6-10-3-4-10/h8-10H,3-7H2,1-2H3,(H,15,16)(H2,13,14,17). The van der Waals surface area contributed by atoms with E-state index >= 15 is 0 Å². The summed E-state index contributed by atoms with van der Waals surface area (Å²) < 4.78 is 0. The van der Waals surface area contributed by atoms with Crippen molar-refractivity contribution in [2.24, 2.45) is 11.8 Å². The lowest BCUT2D eigenvalue weighted by Crippen LogP contribution is -2.42. The normalized spacial score (nSPS) is 18.2. The Balaban J connectivity index is 2.08. The van der Waals surface area contributed by atoms with E-state index < -0.39 is 5.97 Å². The highest BCUT2D eigenvalue weighted by atomic mass is 16.4. The van der Waals surface area contributed by atoms with Crippen molar-refractivity contribution in [2.45, 2.75) is 45.6 Å². The molecule has 0 spiro atoms. The molecule has 0 saturated heterocycles. The van der Waals surface area contributed by atoms with Gasteiger partial charge < -0.3 is 15.7 Å². The molecule has 2 unspecified atom stereocenters. The third-order valence-corrected chi connectivity index (χ3v) is 2.90. The molecule has 0 aromatic heterocycles. The predicted molar refractivity (Wildman–Crippen MR) is 64.8 cm³/mol. The smallest absolute Gasteiger partial charge is 0.315 e. The van der Waals surface area contributed by atoms with Gasteiger partial charge >= 0.3 is 12.0 Å². The fourth-order valence-electron chi connectivity index (χ4n) is 1.82. The molecule has 2 amide bonds. The largest absolute Gasteiger partial charge is 0.481 e. The van der Waals surface area contributed by atoms with E-state index in [2.05, 4.69) is 10.6 Å². The minimum absolute atomic E-state index is 0.0445. The minimum Gasteiger partial charge on any atom is -0.481 e. The van der Waals surface area contributed by atoms with Crippen LogP contribution in [0, 0.1) is 11.8 Å². The summed E-state index contributed by atoms with van der Waals surface area (Å²) in [5.41, 5.74) is 0. The Morgan fingerprint density at radius 2 is 2.00 bits per heavy atom. The molecular weight excluding hydrogens is 220 g/mol. The lowest BCUT2D eigenvalue weighted by molar-refractivity contribution is -0.137. The van der Waals surface area contributed by atoms with Crippen molar-refractivity contribution in [2.75, 3.05) is 6.54 Å². The van der Waals surface area contributed by atoms with E-state index in [0.29, 0.717) is 6.54 Å². The average Bonchev–Trinajstić information content (AvgIpc) is 2.97. The van der Waals surface area contributed by atoms with E-state index in [0.717, 1.165) is 12.3 Å². The van der Waals surface area contributed by atoms with Gasteiger partial charge in [0.05, 0.1) is 0 Å². The Hall–Kier alpha value is -1.26. The number of carbonyl (C=O) groups excluding carboxylic acids is 1. The molecule has 3 N–H and O–H groups in total. The van der Waals surface area contributed by atoms with Crippen molar-refractivity contribution in [3.8, 4) is 0 Å². The third kappa shape index (κ3) is 6.81. The van der Waals surface area contributed by atoms with Crippen LogP contribution in [0.1, 0.15) is 39.5 Å². The summed E-state index contributed by atoms with van der Waals surface area (Å²) in [6, 6.07) is -0.00679. The van der Waals surface area contributed by atoms with Crippen LogP contribution >= 0.6 is 0 Å². The summed E-state index contributed by atoms with van der Waals surface area (Å²) in [5, 5.41) is 14.1. The number of carboxylic acid groups (broad SMARTS) is 1. The van der Waals surface area contributed by atoms with Crippen LogP contribution < -0.4 is 10.6 Å². The number of aliphatic carboxylic acids is 1. The molecule has 98 valence electrons. The van der Waals surface area contributed by atoms with Gasteiger partial charge in [-0.3, -0.25) is 4.79 Å². The van der Waals surface area contributed by atoms with Gasteiger partial charge in [0.1, 0.15) is 0 Å². The summed E-state index contributed by atoms with van der Waals surface area (Å²) in [6.07, 6.45) is 3.68. The van der Waals surface area contributed by atoms with Gasteiger partial charge in [-0.2, -0.15) is 0 Å². The molecule has 1 rings (SSSR count). The minimum atomic E-state index is -0.832. The molecule has 1 fully saturated rings. The second-order valence-electron chi connectivity index (χ2n) is 5.14. The van der Waals surface area contributed by atoms with Crippen molar-refractivity contribution in [3.63, 3.8) is 0 Å². The maximum atomic E-state index is 11.5. The Bertz CT molecular complexity index is 277. The van der Waals surface area contributed by atoms with E-state index in [4.69, 9.17) is 5.11 Å². The fourth-order valence-corrected chi connectivity index (χ4v) is 1.82. The number of carboxylic acids is 1. The SMILES string of the molecule is CC(CNC(=O)NC(C)CC1CC1)CC(=O)O. The van der Waals surface area contributed by atoms with Crippen molar-refractivity contribution in [1.29, 1.82) is 0 Å². The summed E-state index contributed by atoms with van der Waals surface area (Å²) in [6.45, 7) is 4.20. The maximum Gasteiger partial charge on any atom is 0.315 e. The molecule has 2 atom stereocenters. The highest BCUT2D eigenvalue weighted by molar-refractivity contribution is 5.74. The molecular formula is C12H22N2O3. The second-order valence-corrected chi connectivity index (χ2v) is 5.14. The highest BCUT2D eigenvalue weighted by Gasteiger charge is 2.24. The molecule has 17 heavy (non-hydrogen) atoms. The first-order valence-electron chi connectivity index (χ1n) is 6.23. The molecule has 1 aliphatic rings. The van der Waals surface area contributed by atoms with Crippen molar-refractivity contribution in [3.05, 3.63) is 0 Å². The van der Waals surface area contributed by atoms with Crippen LogP contribution in [0.5, 0.6) is 0 Å². The first-order chi connectivity index (χ1) is 7.97. The number of nitrogens with one attached hydrogen (secondary N) is 2. The van der Waals surface area contributed by atoms with Crippen LogP contribution in [0.2, 0.25) is 0 Å². The zero-order chi connectivity index (χ0) is 12.8. The van der Waals surface area contributed by atoms with Gasteiger partial charge in [0.25, 0.3) is 0 Å². The molecule has 0 bridgehead atoms. The van der Waals surface area contributed by atoms with E-state index in [9.17, 15) is 9.59 Å². The molecule has 0 heterocycles. The Labute approximate surface area is 102 Å². The first-order valence-corrected chi connectivity index (χ1v) is 6.23. The zero-order valence-electron chi connectivity index (χ0n) is 10.5. The third-order valence-electron chi connectivity index (χ3n) is 2.90. The maximum absolute atomic E-state index is 11.5. The first kappa shape index (κ1) is 13.8. The van der Waals surface area contributed by atoms with Gasteiger partial charge in [-0.05, 0) is 25.2 Å². The molecule has 5 heteroatoms. The van der Waals surface area contributed by atoms with Gasteiger partial charge in [-0.25, -0.2) is 4.79 Å². The number of hydrogen-bond acceptors (Lipinski definition) is 2. The monoisotopic (exact) mass is 242 g/mol. The topological polar surface area (TPSA) is 78.4 Å². The Morgan fingerprint density at radius 3 is 2.53 bits per heavy atom. The number of urea groups is 1. The average molecular weight is 242 g/mol. The molecule has 5 nitrogen and oxygen atoms in total. The summed E-state index contributed by atoms with van der Waals surface area (Å²) >= 11 is 0. The molecule has 1 saturated carbocycles. The highest BCUT2D eigenvalue weighted by Crippen LogP contribution is 2.33. The zero-order valence-corrected chi connectivity index (χ0v) is 10.5. The Kier molecular flexibility index (Phi) is 5.25. The van der Waals surface area contributed by atoms with Crippen molar-refractivity contribution >= 4 is 12.0 Å². The lowest BCUT2D eigenvalue weighted by Gasteiger charge is -2.15. The number of amides is 2. The van der Waals surface area contributed by atoms with Gasteiger partial charge in [-0.1, -0.05) is 19.8 Å². The van der Waals surface area contributed by atoms with Crippen LogP contribution in [0.4, 0.5) is 4.79 Å². The van der Waals surface area contributed by atoms with Gasteiger partial charge in [-0.15, -0.1) is 0 Å². The quantitative estimate of drug-likeness (QED) is 0.634. The van der Waals surface area contributed by atoms with Crippen LogP contribution in [0.15, 0.2) is 0 Å². The Morgan fingerprint density at radius 1 is 1.35 bits per heavy atom. The molecule has 0 aromatic rings. The summed E-state index contributed by atoms with van der Waals surface area (Å²) in [4.78, 5) is 21.9. The van der Waals surface area contributed by atoms with E-state index in [1.165, 1.54) is 12.8 Å². The number of carbonyl (C=O) groups is 2. The molecule has 1 aliphatic carbocycles. The van der Waals surface area contributed by atoms with Crippen LogP contribution in [0.3, 0.4) is 0 Å². The molecule has 0 radical (unpaired) electrons. The van der Waals surface area contributed by atoms with E-state index in [-0.39, 0.29) is 24.4 Å². The lowest BCUT2D eigenvalue weighted by atomic mass is 10.1. The van der Waals surface area contributed by atoms with Crippen LogP contribution in [-0.4, -0.2) is 29.7 Å². The predicted octanol–water partition coefficient (Wildman–Crippen LogP) is 1.58. The fraction of sp³-hybridized carbons (Fsp3) is 0.833. The van der Waals surface area contributed by atoms with Gasteiger partial charge in [0, 0.05) is 19.0 Å². The van der Waals surface area contributed by atoms with E-state index in [1.807, 2.05) is 13.8 Å². The van der Waals surface area contributed by atoms with Gasteiger partial charge in [0.2, 0.25) is 0 Å². The summed E-state index contributed by atoms with van der Waals surface area (Å²) in [5.74, 6) is -0.0879. The van der Waals surface area contributed by atoms with Crippen LogP contribution in [-0.2, 0) is 4.79 Å². The van der Waals surface area contributed by atoms with Crippen LogP contribution in [0.25, 0.3) is 0 Å². The van der Waals surface area contributed by atoms with E-state index in [1.54, 1.807) is 0 Å². The second kappa shape index (κ2) is 6.47. The number of rotatable bonds is 7. The van der Waals surface area contributed by atoms with Crippen molar-refractivity contribution < 1.29 is 14.7 Å². The molecule has 0 aliphatic heterocycles. The van der Waals surface area contributed by atoms with Crippen molar-refractivity contribution in [1.82, 2.24) is 10.6 Å². The summed E-state index contributed by atoms with van der Waals surface area (Å²) in [7, 11) is 0. The van der Waals surface area contributed by atoms with Gasteiger partial charge in [0.15, 0.2) is 0 Å².